The number of rotatable bonds is 5. The van der Waals surface area contributed by atoms with Crippen LogP contribution in [-0.2, 0) is 24.0 Å². The van der Waals surface area contributed by atoms with E-state index in [-0.39, 0.29) is 18.6 Å². The number of pyridine rings is 3. The first-order chi connectivity index (χ1) is 16.6. The van der Waals surface area contributed by atoms with Gasteiger partial charge in [-0.1, -0.05) is 6.07 Å². The van der Waals surface area contributed by atoms with Gasteiger partial charge in [-0.2, -0.15) is 0 Å². The second-order valence-electron chi connectivity index (χ2n) is 8.93. The van der Waals surface area contributed by atoms with Gasteiger partial charge in [-0.3, -0.25) is 14.8 Å². The predicted molar refractivity (Wildman–Crippen MR) is 124 cm³/mol. The number of aliphatic hydroxyl groups is 1. The molecule has 1 aliphatic heterocycles. The molecule has 0 bridgehead atoms. The van der Waals surface area contributed by atoms with Crippen molar-refractivity contribution in [1.82, 2.24) is 20.3 Å². The Balaban J connectivity index is 1.39. The second kappa shape index (κ2) is 9.95. The van der Waals surface area contributed by atoms with Crippen LogP contribution >= 0.6 is 0 Å². The molecule has 0 saturated carbocycles. The molecule has 1 fully saturated rings. The van der Waals surface area contributed by atoms with Crippen molar-refractivity contribution in [2.24, 2.45) is 0 Å². The Morgan fingerprint density at radius 3 is 2.85 bits per heavy atom. The predicted octanol–water partition coefficient (Wildman–Crippen LogP) is 3.03. The van der Waals surface area contributed by atoms with Crippen LogP contribution in [-0.4, -0.2) is 51.3 Å². The number of carbonyl (C=O) groups is 1. The molecular formula is C26H27FN4O3. The van der Waals surface area contributed by atoms with Gasteiger partial charge in [-0.15, -0.1) is 0 Å². The number of nitrogens with zero attached hydrogens (tertiary/aromatic N) is 3. The summed E-state index contributed by atoms with van der Waals surface area (Å²) in [5.41, 5.74) is 5.93. The highest BCUT2D eigenvalue weighted by Gasteiger charge is 2.27. The largest absolute Gasteiger partial charge is 0.389 e. The monoisotopic (exact) mass is 462 g/mol. The van der Waals surface area contributed by atoms with Gasteiger partial charge >= 0.3 is 0 Å². The number of halogens is 1. The molecule has 3 aromatic rings. The molecular weight excluding hydrogens is 435 g/mol. The van der Waals surface area contributed by atoms with E-state index in [2.05, 4.69) is 20.3 Å². The maximum Gasteiger partial charge on any atom is 0.270 e. The smallest absolute Gasteiger partial charge is 0.270 e. The average Bonchev–Trinajstić information content (AvgIpc) is 2.86. The minimum absolute atomic E-state index is 0.225. The van der Waals surface area contributed by atoms with E-state index in [4.69, 9.17) is 4.74 Å². The Labute approximate surface area is 197 Å². The van der Waals surface area contributed by atoms with E-state index in [1.165, 1.54) is 17.8 Å². The van der Waals surface area contributed by atoms with Gasteiger partial charge in [0.05, 0.1) is 30.6 Å². The fourth-order valence-corrected chi connectivity index (χ4v) is 4.67. The topological polar surface area (TPSA) is 97.2 Å². The summed E-state index contributed by atoms with van der Waals surface area (Å²) in [6.45, 7) is 0.738. The van der Waals surface area contributed by atoms with E-state index < -0.39 is 11.9 Å². The van der Waals surface area contributed by atoms with Crippen molar-refractivity contribution in [1.29, 1.82) is 0 Å². The van der Waals surface area contributed by atoms with E-state index in [1.54, 1.807) is 12.4 Å². The molecule has 0 radical (unpaired) electrons. The highest BCUT2D eigenvalue weighted by molar-refractivity contribution is 5.93. The number of aliphatic hydroxyl groups excluding tert-OH is 1. The van der Waals surface area contributed by atoms with Crippen molar-refractivity contribution in [3.05, 3.63) is 76.8 Å². The number of aryl methyl sites for hydroxylation is 1. The molecule has 2 N–H and O–H groups in total. The Morgan fingerprint density at radius 2 is 2.06 bits per heavy atom. The number of ether oxygens (including phenoxy) is 1. The molecule has 1 saturated heterocycles. The fraction of sp³-hybridized carbons (Fsp3) is 0.385. The fourth-order valence-electron chi connectivity index (χ4n) is 4.67. The van der Waals surface area contributed by atoms with Crippen molar-refractivity contribution in [2.75, 3.05) is 13.2 Å². The zero-order chi connectivity index (χ0) is 23.5. The molecule has 1 aliphatic carbocycles. The van der Waals surface area contributed by atoms with Gasteiger partial charge in [0.15, 0.2) is 0 Å². The van der Waals surface area contributed by atoms with Crippen molar-refractivity contribution in [3.63, 3.8) is 0 Å². The van der Waals surface area contributed by atoms with Gasteiger partial charge in [0.25, 0.3) is 5.91 Å². The van der Waals surface area contributed by atoms with Crippen molar-refractivity contribution < 1.29 is 19.0 Å². The molecule has 2 aliphatic rings. The van der Waals surface area contributed by atoms with Crippen LogP contribution in [0.3, 0.4) is 0 Å². The Kier molecular flexibility index (Phi) is 6.60. The number of carbonyl (C=O) groups excluding carboxylic acids is 1. The lowest BCUT2D eigenvalue weighted by atomic mass is 9.89. The standard InChI is InChI=1S/C26H27FN4O3/c27-19-10-18(13-28-14-19)21-6-5-16(12-29-21)9-17-11-24(30-22-4-2-1-3-20(17)22)26(33)31-23-7-8-34-15-25(23)32/h5-6,10-14,23,25,32H,1-4,7-9,15H2,(H,31,33)/t23-,25-/m0/s1. The van der Waals surface area contributed by atoms with Gasteiger partial charge in [0.1, 0.15) is 11.5 Å². The zero-order valence-corrected chi connectivity index (χ0v) is 18.8. The van der Waals surface area contributed by atoms with Crippen molar-refractivity contribution in [2.45, 2.75) is 50.7 Å². The van der Waals surface area contributed by atoms with Crippen LogP contribution in [0.1, 0.15) is 52.1 Å². The second-order valence-corrected chi connectivity index (χ2v) is 8.93. The minimum Gasteiger partial charge on any atom is -0.389 e. The SMILES string of the molecule is O=C(N[C@H]1CCOC[C@@H]1O)c1cc(Cc2ccc(-c3cncc(F)c3)nc2)c2c(n1)CCCC2. The Hall–Kier alpha value is -3.23. The third kappa shape index (κ3) is 4.98. The molecule has 0 aromatic carbocycles. The van der Waals surface area contributed by atoms with Crippen LogP contribution in [0.5, 0.6) is 0 Å². The van der Waals surface area contributed by atoms with Crippen LogP contribution in [0.4, 0.5) is 4.39 Å². The number of hydrogen-bond donors (Lipinski definition) is 2. The number of hydrogen-bond acceptors (Lipinski definition) is 6. The molecule has 7 nitrogen and oxygen atoms in total. The van der Waals surface area contributed by atoms with Crippen LogP contribution < -0.4 is 5.32 Å². The summed E-state index contributed by atoms with van der Waals surface area (Å²) in [6.07, 6.45) is 8.98. The lowest BCUT2D eigenvalue weighted by Gasteiger charge is -2.28. The normalized spacial score (nSPS) is 19.9. The van der Waals surface area contributed by atoms with Crippen LogP contribution in [0.2, 0.25) is 0 Å². The maximum absolute atomic E-state index is 13.5. The van der Waals surface area contributed by atoms with E-state index in [0.29, 0.717) is 36.4 Å². The summed E-state index contributed by atoms with van der Waals surface area (Å²) in [7, 11) is 0. The molecule has 2 atom stereocenters. The Bertz CT molecular complexity index is 1190. The van der Waals surface area contributed by atoms with E-state index in [9.17, 15) is 14.3 Å². The van der Waals surface area contributed by atoms with E-state index in [1.807, 2.05) is 18.2 Å². The van der Waals surface area contributed by atoms with Gasteiger partial charge in [0.2, 0.25) is 0 Å². The van der Waals surface area contributed by atoms with Crippen molar-refractivity contribution >= 4 is 5.91 Å². The summed E-state index contributed by atoms with van der Waals surface area (Å²) >= 11 is 0. The third-order valence-electron chi connectivity index (χ3n) is 6.49. The first kappa shape index (κ1) is 22.6. The molecule has 8 heteroatoms. The van der Waals surface area contributed by atoms with Gasteiger partial charge in [-0.05, 0) is 73.4 Å². The summed E-state index contributed by atoms with van der Waals surface area (Å²) < 4.78 is 18.8. The lowest BCUT2D eigenvalue weighted by molar-refractivity contribution is -0.0261. The van der Waals surface area contributed by atoms with Crippen LogP contribution in [0.25, 0.3) is 11.3 Å². The van der Waals surface area contributed by atoms with Crippen LogP contribution in [0, 0.1) is 5.82 Å². The first-order valence-corrected chi connectivity index (χ1v) is 11.7. The summed E-state index contributed by atoms with van der Waals surface area (Å²) in [5, 5.41) is 13.1. The maximum atomic E-state index is 13.5. The van der Waals surface area contributed by atoms with Crippen LogP contribution in [0.15, 0.2) is 42.9 Å². The molecule has 0 spiro atoms. The van der Waals surface area contributed by atoms with Gasteiger partial charge < -0.3 is 15.2 Å². The molecule has 1 amide bonds. The zero-order valence-electron chi connectivity index (χ0n) is 18.8. The Morgan fingerprint density at radius 1 is 1.18 bits per heavy atom. The summed E-state index contributed by atoms with van der Waals surface area (Å²) in [6, 6.07) is 6.78. The number of nitrogens with one attached hydrogen (secondary N) is 1. The summed E-state index contributed by atoms with van der Waals surface area (Å²) in [4.78, 5) is 26.1. The third-order valence-corrected chi connectivity index (χ3v) is 6.49. The highest BCUT2D eigenvalue weighted by Crippen LogP contribution is 2.27. The number of aromatic nitrogens is 3. The number of fused-ring (bicyclic) bond motifs is 1. The van der Waals surface area contributed by atoms with E-state index >= 15 is 0 Å². The van der Waals surface area contributed by atoms with Crippen molar-refractivity contribution in [3.8, 4) is 11.3 Å². The molecule has 0 unspecified atom stereocenters. The van der Waals surface area contributed by atoms with E-state index in [0.717, 1.165) is 42.5 Å². The van der Waals surface area contributed by atoms with Gasteiger partial charge in [0, 0.05) is 30.3 Å². The quantitative estimate of drug-likeness (QED) is 0.605. The molecule has 4 heterocycles. The average molecular weight is 463 g/mol. The number of amides is 1. The summed E-state index contributed by atoms with van der Waals surface area (Å²) in [5.74, 6) is -0.668. The molecule has 3 aromatic heterocycles. The van der Waals surface area contributed by atoms with Gasteiger partial charge in [-0.25, -0.2) is 9.37 Å². The first-order valence-electron chi connectivity index (χ1n) is 11.7. The highest BCUT2D eigenvalue weighted by atomic mass is 19.1. The lowest BCUT2D eigenvalue weighted by Crippen LogP contribution is -2.48. The minimum atomic E-state index is -0.715. The molecule has 176 valence electrons. The molecule has 34 heavy (non-hydrogen) atoms. The molecule has 5 rings (SSSR count).